The monoisotopic (exact) mass is 172 g/mol. The molecule has 1 aliphatic rings. The molecule has 0 radical (unpaired) electrons. The summed E-state index contributed by atoms with van der Waals surface area (Å²) in [5.41, 5.74) is 5.04. The summed E-state index contributed by atoms with van der Waals surface area (Å²) >= 11 is 0. The molecule has 1 saturated heterocycles. The molecule has 0 aromatic carbocycles. The summed E-state index contributed by atoms with van der Waals surface area (Å²) in [5, 5.41) is 0. The maximum absolute atomic E-state index is 11.0. The Morgan fingerprint density at radius 2 is 2.25 bits per heavy atom. The number of nitrogens with two attached hydrogens (primary N) is 1. The molecule has 2 amide bonds. The molecule has 1 unspecified atom stereocenters. The van der Waals surface area contributed by atoms with Gasteiger partial charge in [0.25, 0.3) is 0 Å². The molecule has 1 aliphatic heterocycles. The summed E-state index contributed by atoms with van der Waals surface area (Å²) in [4.78, 5) is 23.1. The van der Waals surface area contributed by atoms with E-state index in [1.807, 2.05) is 0 Å². The Morgan fingerprint density at radius 1 is 1.58 bits per heavy atom. The van der Waals surface area contributed by atoms with Crippen molar-refractivity contribution in [2.75, 3.05) is 20.2 Å². The molecule has 0 bridgehead atoms. The van der Waals surface area contributed by atoms with Gasteiger partial charge in [0.15, 0.2) is 0 Å². The van der Waals surface area contributed by atoms with E-state index in [0.29, 0.717) is 19.5 Å². The van der Waals surface area contributed by atoms with E-state index in [1.54, 1.807) is 0 Å². The first-order valence-corrected chi connectivity index (χ1v) is 3.77. The Balaban J connectivity index is 2.45. The summed E-state index contributed by atoms with van der Waals surface area (Å²) in [7, 11) is 1.34. The third kappa shape index (κ3) is 1.66. The van der Waals surface area contributed by atoms with Crippen LogP contribution in [-0.2, 0) is 9.53 Å². The fraction of sp³-hybridized carbons (Fsp3) is 0.714. The van der Waals surface area contributed by atoms with Crippen molar-refractivity contribution in [3.8, 4) is 0 Å². The molecule has 0 aromatic heterocycles. The number of methoxy groups -OCH3 is 1. The second-order valence-corrected chi connectivity index (χ2v) is 2.79. The van der Waals surface area contributed by atoms with Crippen LogP contribution in [0, 0.1) is 5.92 Å². The van der Waals surface area contributed by atoms with Crippen LogP contribution in [0.4, 0.5) is 4.79 Å². The van der Waals surface area contributed by atoms with E-state index >= 15 is 0 Å². The number of amides is 2. The molecular formula is C7H12N2O3. The van der Waals surface area contributed by atoms with Crippen molar-refractivity contribution >= 4 is 12.0 Å². The third-order valence-corrected chi connectivity index (χ3v) is 2.03. The Morgan fingerprint density at radius 3 is 2.67 bits per heavy atom. The maximum atomic E-state index is 11.0. The number of ether oxygens (including phenoxy) is 1. The van der Waals surface area contributed by atoms with E-state index in [-0.39, 0.29) is 11.9 Å². The van der Waals surface area contributed by atoms with Crippen LogP contribution in [0.1, 0.15) is 6.42 Å². The predicted octanol–water partition coefficient (Wildman–Crippen LogP) is -0.440. The highest BCUT2D eigenvalue weighted by Crippen LogP contribution is 2.16. The molecular weight excluding hydrogens is 160 g/mol. The van der Waals surface area contributed by atoms with Crippen molar-refractivity contribution < 1.29 is 14.3 Å². The van der Waals surface area contributed by atoms with E-state index in [9.17, 15) is 9.59 Å². The van der Waals surface area contributed by atoms with Crippen LogP contribution < -0.4 is 5.73 Å². The van der Waals surface area contributed by atoms with Gasteiger partial charge in [-0.2, -0.15) is 0 Å². The largest absolute Gasteiger partial charge is 0.469 e. The Bertz CT molecular complexity index is 205. The number of carbonyl (C=O) groups is 2. The molecule has 2 N–H and O–H groups in total. The number of hydrogen-bond acceptors (Lipinski definition) is 3. The Kier molecular flexibility index (Phi) is 2.52. The summed E-state index contributed by atoms with van der Waals surface area (Å²) in [6, 6.07) is -0.471. The molecule has 5 heteroatoms. The lowest BCUT2D eigenvalue weighted by Gasteiger charge is -2.11. The number of nitrogens with zero attached hydrogens (tertiary/aromatic N) is 1. The molecule has 0 saturated carbocycles. The minimum absolute atomic E-state index is 0.192. The number of urea groups is 1. The lowest BCUT2D eigenvalue weighted by Crippen LogP contribution is -2.34. The molecule has 0 spiro atoms. The molecule has 1 heterocycles. The van der Waals surface area contributed by atoms with E-state index in [1.165, 1.54) is 12.0 Å². The first-order valence-electron chi connectivity index (χ1n) is 3.77. The van der Waals surface area contributed by atoms with Gasteiger partial charge in [-0.05, 0) is 6.42 Å². The number of rotatable bonds is 1. The molecule has 0 aromatic rings. The van der Waals surface area contributed by atoms with Gasteiger partial charge in [-0.25, -0.2) is 4.79 Å². The first-order chi connectivity index (χ1) is 5.65. The van der Waals surface area contributed by atoms with Crippen LogP contribution in [0.5, 0.6) is 0 Å². The lowest BCUT2D eigenvalue weighted by molar-refractivity contribution is -0.144. The second-order valence-electron chi connectivity index (χ2n) is 2.79. The highest BCUT2D eigenvalue weighted by molar-refractivity contribution is 5.77. The summed E-state index contributed by atoms with van der Waals surface area (Å²) in [6.07, 6.45) is 0.648. The van der Waals surface area contributed by atoms with Gasteiger partial charge in [-0.1, -0.05) is 0 Å². The SMILES string of the molecule is COC(=O)C1CCN(C(N)=O)C1. The van der Waals surface area contributed by atoms with Crippen LogP contribution >= 0.6 is 0 Å². The van der Waals surface area contributed by atoms with Gasteiger partial charge in [-0.15, -0.1) is 0 Å². The van der Waals surface area contributed by atoms with Gasteiger partial charge in [-0.3, -0.25) is 4.79 Å². The minimum Gasteiger partial charge on any atom is -0.469 e. The Labute approximate surface area is 70.5 Å². The standard InChI is InChI=1S/C7H12N2O3/c1-12-6(10)5-2-3-9(4-5)7(8)11/h5H,2-4H2,1H3,(H2,8,11). The topological polar surface area (TPSA) is 72.6 Å². The van der Waals surface area contributed by atoms with Gasteiger partial charge < -0.3 is 15.4 Å². The van der Waals surface area contributed by atoms with Crippen molar-refractivity contribution in [3.63, 3.8) is 0 Å². The molecule has 5 nitrogen and oxygen atoms in total. The van der Waals surface area contributed by atoms with Gasteiger partial charge in [0.2, 0.25) is 0 Å². The average molecular weight is 172 g/mol. The quantitative estimate of drug-likeness (QED) is 0.545. The predicted molar refractivity (Wildman–Crippen MR) is 41.3 cm³/mol. The zero-order chi connectivity index (χ0) is 9.14. The van der Waals surface area contributed by atoms with Gasteiger partial charge in [0.05, 0.1) is 13.0 Å². The zero-order valence-electron chi connectivity index (χ0n) is 6.95. The van der Waals surface area contributed by atoms with Crippen LogP contribution in [-0.4, -0.2) is 37.1 Å². The van der Waals surface area contributed by atoms with Gasteiger partial charge >= 0.3 is 12.0 Å². The van der Waals surface area contributed by atoms with Crippen molar-refractivity contribution in [2.24, 2.45) is 11.7 Å². The third-order valence-electron chi connectivity index (χ3n) is 2.03. The van der Waals surface area contributed by atoms with Crippen LogP contribution in [0.3, 0.4) is 0 Å². The fourth-order valence-electron chi connectivity index (χ4n) is 1.32. The molecule has 1 fully saturated rings. The molecule has 0 aliphatic carbocycles. The minimum atomic E-state index is -0.471. The van der Waals surface area contributed by atoms with Gasteiger partial charge in [0, 0.05) is 13.1 Å². The highest BCUT2D eigenvalue weighted by Gasteiger charge is 2.30. The summed E-state index contributed by atoms with van der Waals surface area (Å²) in [5.74, 6) is -0.457. The smallest absolute Gasteiger partial charge is 0.314 e. The first kappa shape index (κ1) is 8.83. The normalized spacial score (nSPS) is 22.4. The number of hydrogen-bond donors (Lipinski definition) is 1. The number of likely N-dealkylation sites (tertiary alicyclic amines) is 1. The van der Waals surface area contributed by atoms with Crippen LogP contribution in [0.15, 0.2) is 0 Å². The summed E-state index contributed by atoms with van der Waals surface area (Å²) in [6.45, 7) is 0.942. The molecule has 12 heavy (non-hydrogen) atoms. The van der Waals surface area contributed by atoms with E-state index in [4.69, 9.17) is 5.73 Å². The Hall–Kier alpha value is -1.26. The average Bonchev–Trinajstić information content (AvgIpc) is 2.51. The zero-order valence-corrected chi connectivity index (χ0v) is 6.95. The fourth-order valence-corrected chi connectivity index (χ4v) is 1.32. The van der Waals surface area contributed by atoms with E-state index in [0.717, 1.165) is 0 Å². The van der Waals surface area contributed by atoms with Crippen molar-refractivity contribution in [1.82, 2.24) is 4.90 Å². The van der Waals surface area contributed by atoms with Crippen molar-refractivity contribution in [1.29, 1.82) is 0 Å². The second kappa shape index (κ2) is 3.42. The van der Waals surface area contributed by atoms with E-state index in [2.05, 4.69) is 4.74 Å². The van der Waals surface area contributed by atoms with Crippen molar-refractivity contribution in [3.05, 3.63) is 0 Å². The lowest BCUT2D eigenvalue weighted by atomic mass is 10.1. The van der Waals surface area contributed by atoms with Crippen molar-refractivity contribution in [2.45, 2.75) is 6.42 Å². The van der Waals surface area contributed by atoms with E-state index < -0.39 is 6.03 Å². The molecule has 1 rings (SSSR count). The van der Waals surface area contributed by atoms with Crippen LogP contribution in [0.25, 0.3) is 0 Å². The number of carbonyl (C=O) groups excluding carboxylic acids is 2. The summed E-state index contributed by atoms with van der Waals surface area (Å²) < 4.78 is 4.54. The van der Waals surface area contributed by atoms with Gasteiger partial charge in [0.1, 0.15) is 0 Å². The maximum Gasteiger partial charge on any atom is 0.314 e. The van der Waals surface area contributed by atoms with Crippen LogP contribution in [0.2, 0.25) is 0 Å². The highest BCUT2D eigenvalue weighted by atomic mass is 16.5. The number of primary amides is 1. The molecule has 68 valence electrons. The number of esters is 1. The molecule has 1 atom stereocenters.